The van der Waals surface area contributed by atoms with Crippen molar-refractivity contribution in [2.75, 3.05) is 11.1 Å². The van der Waals surface area contributed by atoms with Crippen LogP contribution in [0.2, 0.25) is 0 Å². The number of nitrogens with two attached hydrogens (primary N) is 1. The molecule has 3 N–H and O–H groups in total. The normalized spacial score (nSPS) is 10.2. The van der Waals surface area contributed by atoms with Crippen LogP contribution >= 0.6 is 11.3 Å². The van der Waals surface area contributed by atoms with E-state index in [0.717, 1.165) is 17.2 Å². The maximum Gasteiger partial charge on any atom is 0.222 e. The van der Waals surface area contributed by atoms with Crippen LogP contribution in [0.25, 0.3) is 0 Å². The van der Waals surface area contributed by atoms with Gasteiger partial charge >= 0.3 is 0 Å². The van der Waals surface area contributed by atoms with Crippen LogP contribution in [0.3, 0.4) is 0 Å². The van der Waals surface area contributed by atoms with Crippen molar-refractivity contribution in [1.29, 1.82) is 0 Å². The highest BCUT2D eigenvalue weighted by molar-refractivity contribution is 7.07. The highest BCUT2D eigenvalue weighted by Crippen LogP contribution is 2.09. The molecule has 0 atom stereocenters. The van der Waals surface area contributed by atoms with Crippen molar-refractivity contribution >= 4 is 23.1 Å². The minimum absolute atomic E-state index is 0.288. The molecule has 2 aromatic rings. The number of thiazole rings is 1. The van der Waals surface area contributed by atoms with Gasteiger partial charge in [0.1, 0.15) is 5.82 Å². The maximum atomic E-state index is 5.53. The van der Waals surface area contributed by atoms with Crippen molar-refractivity contribution in [3.05, 3.63) is 28.3 Å². The van der Waals surface area contributed by atoms with E-state index in [2.05, 4.69) is 20.3 Å². The molecule has 0 bridgehead atoms. The molecule has 0 aliphatic carbocycles. The lowest BCUT2D eigenvalue weighted by molar-refractivity contribution is 1.03. The van der Waals surface area contributed by atoms with E-state index in [9.17, 15) is 0 Å². The first kappa shape index (κ1) is 9.85. The van der Waals surface area contributed by atoms with E-state index in [4.69, 9.17) is 5.73 Å². The second-order valence-electron chi connectivity index (χ2n) is 3.09. The largest absolute Gasteiger partial charge is 0.368 e. The zero-order valence-corrected chi connectivity index (χ0v) is 9.08. The molecule has 2 heterocycles. The Morgan fingerprint density at radius 1 is 1.47 bits per heavy atom. The molecule has 0 saturated carbocycles. The second-order valence-corrected chi connectivity index (χ2v) is 3.80. The molecule has 2 aromatic heterocycles. The summed E-state index contributed by atoms with van der Waals surface area (Å²) in [4.78, 5) is 12.2. The molecule has 0 aliphatic heterocycles. The number of nitrogens with zero attached hydrogens (tertiary/aromatic N) is 3. The van der Waals surface area contributed by atoms with Crippen LogP contribution in [-0.4, -0.2) is 15.0 Å². The van der Waals surface area contributed by atoms with Crippen LogP contribution in [0, 0.1) is 6.92 Å². The van der Waals surface area contributed by atoms with Gasteiger partial charge in [0.15, 0.2) is 0 Å². The van der Waals surface area contributed by atoms with Crippen LogP contribution < -0.4 is 11.1 Å². The number of anilines is 2. The van der Waals surface area contributed by atoms with Crippen molar-refractivity contribution in [3.63, 3.8) is 0 Å². The van der Waals surface area contributed by atoms with Crippen LogP contribution in [0.4, 0.5) is 11.8 Å². The molecule has 0 fully saturated rings. The van der Waals surface area contributed by atoms with Gasteiger partial charge < -0.3 is 11.1 Å². The Labute approximate surface area is 91.4 Å². The van der Waals surface area contributed by atoms with E-state index in [1.807, 2.05) is 18.4 Å². The van der Waals surface area contributed by atoms with Gasteiger partial charge in [0.05, 0.1) is 17.7 Å². The van der Waals surface area contributed by atoms with Gasteiger partial charge in [0.25, 0.3) is 0 Å². The van der Waals surface area contributed by atoms with Crippen molar-refractivity contribution in [3.8, 4) is 0 Å². The monoisotopic (exact) mass is 221 g/mol. The van der Waals surface area contributed by atoms with Gasteiger partial charge in [0, 0.05) is 17.1 Å². The molecule has 0 saturated heterocycles. The second kappa shape index (κ2) is 4.22. The van der Waals surface area contributed by atoms with E-state index in [-0.39, 0.29) is 5.95 Å². The quantitative estimate of drug-likeness (QED) is 0.820. The molecule has 0 unspecified atom stereocenters. The highest BCUT2D eigenvalue weighted by atomic mass is 32.1. The fourth-order valence-electron chi connectivity index (χ4n) is 1.19. The summed E-state index contributed by atoms with van der Waals surface area (Å²) < 4.78 is 0. The molecule has 6 heteroatoms. The van der Waals surface area contributed by atoms with Gasteiger partial charge in [-0.15, -0.1) is 11.3 Å². The Morgan fingerprint density at radius 2 is 2.33 bits per heavy atom. The molecule has 0 aromatic carbocycles. The van der Waals surface area contributed by atoms with E-state index >= 15 is 0 Å². The first-order chi connectivity index (χ1) is 7.24. The Kier molecular flexibility index (Phi) is 2.77. The van der Waals surface area contributed by atoms with Crippen molar-refractivity contribution in [1.82, 2.24) is 15.0 Å². The number of hydrogen-bond donors (Lipinski definition) is 2. The number of aryl methyl sites for hydroxylation is 1. The third-order valence-electron chi connectivity index (χ3n) is 1.81. The van der Waals surface area contributed by atoms with Crippen LogP contribution in [0.1, 0.15) is 11.4 Å². The molecular weight excluding hydrogens is 210 g/mol. The van der Waals surface area contributed by atoms with E-state index in [0.29, 0.717) is 6.54 Å². The fourth-order valence-corrected chi connectivity index (χ4v) is 1.75. The third kappa shape index (κ3) is 2.63. The van der Waals surface area contributed by atoms with Gasteiger partial charge in [-0.1, -0.05) is 0 Å². The lowest BCUT2D eigenvalue weighted by Gasteiger charge is -2.04. The summed E-state index contributed by atoms with van der Waals surface area (Å²) in [6, 6.07) is 1.85. The standard InChI is InChI=1S/C9H11N5S/c1-6-2-8(14-9(10)13-6)11-3-7-4-15-5-12-7/h2,4-5H,3H2,1H3,(H3,10,11,13,14). The van der Waals surface area contributed by atoms with Crippen molar-refractivity contribution in [2.24, 2.45) is 0 Å². The minimum atomic E-state index is 0.288. The van der Waals surface area contributed by atoms with Crippen LogP contribution in [0.5, 0.6) is 0 Å². The molecular formula is C9H11N5S. The highest BCUT2D eigenvalue weighted by Gasteiger charge is 1.99. The number of nitrogens with one attached hydrogen (secondary N) is 1. The summed E-state index contributed by atoms with van der Waals surface area (Å²) >= 11 is 1.57. The van der Waals surface area contributed by atoms with E-state index < -0.39 is 0 Å². The first-order valence-corrected chi connectivity index (χ1v) is 5.40. The van der Waals surface area contributed by atoms with Crippen molar-refractivity contribution < 1.29 is 0 Å². The third-order valence-corrected chi connectivity index (χ3v) is 2.44. The summed E-state index contributed by atoms with van der Waals surface area (Å²) in [5.41, 5.74) is 9.18. The smallest absolute Gasteiger partial charge is 0.222 e. The SMILES string of the molecule is Cc1cc(NCc2cscn2)nc(N)n1. The average Bonchev–Trinajstić information content (AvgIpc) is 2.65. The predicted molar refractivity (Wildman–Crippen MR) is 60.6 cm³/mol. The zero-order valence-electron chi connectivity index (χ0n) is 8.27. The Bertz CT molecular complexity index is 420. The summed E-state index contributed by atoms with van der Waals surface area (Å²) in [7, 11) is 0. The Balaban J connectivity index is 2.05. The molecule has 15 heavy (non-hydrogen) atoms. The number of nitrogen functional groups attached to an aromatic ring is 1. The molecule has 0 radical (unpaired) electrons. The predicted octanol–water partition coefficient (Wildman–Crippen LogP) is 1.44. The molecule has 2 rings (SSSR count). The molecule has 0 amide bonds. The van der Waals surface area contributed by atoms with Crippen LogP contribution in [0.15, 0.2) is 17.0 Å². The Hall–Kier alpha value is -1.69. The number of aromatic nitrogens is 3. The van der Waals surface area contributed by atoms with Gasteiger partial charge in [0.2, 0.25) is 5.95 Å². The maximum absolute atomic E-state index is 5.53. The first-order valence-electron chi connectivity index (χ1n) is 4.46. The number of hydrogen-bond acceptors (Lipinski definition) is 6. The minimum Gasteiger partial charge on any atom is -0.368 e. The fraction of sp³-hybridized carbons (Fsp3) is 0.222. The van der Waals surface area contributed by atoms with Gasteiger partial charge in [-0.3, -0.25) is 0 Å². The summed E-state index contributed by atoms with van der Waals surface area (Å²) in [5.74, 6) is 1.02. The van der Waals surface area contributed by atoms with Gasteiger partial charge in [-0.2, -0.15) is 4.98 Å². The lowest BCUT2D eigenvalue weighted by Crippen LogP contribution is -2.05. The topological polar surface area (TPSA) is 76.7 Å². The van der Waals surface area contributed by atoms with Crippen LogP contribution in [-0.2, 0) is 6.54 Å². The van der Waals surface area contributed by atoms with Crippen molar-refractivity contribution in [2.45, 2.75) is 13.5 Å². The van der Waals surface area contributed by atoms with Gasteiger partial charge in [-0.25, -0.2) is 9.97 Å². The summed E-state index contributed by atoms with van der Waals surface area (Å²) in [5, 5.41) is 5.13. The molecule has 5 nitrogen and oxygen atoms in total. The average molecular weight is 221 g/mol. The zero-order chi connectivity index (χ0) is 10.7. The summed E-state index contributed by atoms with van der Waals surface area (Å²) in [6.07, 6.45) is 0. The van der Waals surface area contributed by atoms with Gasteiger partial charge in [-0.05, 0) is 6.92 Å². The lowest BCUT2D eigenvalue weighted by atomic mass is 10.4. The molecule has 0 aliphatic rings. The Morgan fingerprint density at radius 3 is 3.00 bits per heavy atom. The molecule has 78 valence electrons. The number of rotatable bonds is 3. The van der Waals surface area contributed by atoms with E-state index in [1.54, 1.807) is 16.8 Å². The molecule has 0 spiro atoms. The van der Waals surface area contributed by atoms with E-state index in [1.165, 1.54) is 0 Å². The summed E-state index contributed by atoms with van der Waals surface area (Å²) in [6.45, 7) is 2.53.